The number of aliphatic carboxylic acids is 2. The summed E-state index contributed by atoms with van der Waals surface area (Å²) in [5.74, 6) is -17.7. The molecule has 17 amide bonds. The summed E-state index contributed by atoms with van der Waals surface area (Å²) in [6.07, 6.45) is 1.68. The monoisotopic (exact) mass is 1490 g/mol. The van der Waals surface area contributed by atoms with Crippen molar-refractivity contribution in [2.75, 3.05) is 13.1 Å². The third-order valence-electron chi connectivity index (χ3n) is 15.7. The van der Waals surface area contributed by atoms with Crippen molar-refractivity contribution in [3.05, 3.63) is 18.2 Å². The number of primary amides is 1. The minimum Gasteiger partial charge on any atom is -0.481 e. The average Bonchev–Trinajstić information content (AvgIpc) is 1.38. The summed E-state index contributed by atoms with van der Waals surface area (Å²) in [6.45, 7) is 15.4. The second-order valence-corrected chi connectivity index (χ2v) is 25.1. The highest BCUT2D eigenvalue weighted by Gasteiger charge is 2.35. The first-order valence-electron chi connectivity index (χ1n) is 34.0. The number of nitrogens with two attached hydrogens (primary N) is 3. The number of carboxylic acid groups (broad SMARTS) is 2. The number of carbonyl (C=O) groups excluding carboxylic acids is 17. The Bertz CT molecular complexity index is 3230. The second-order valence-electron chi connectivity index (χ2n) is 25.1. The number of nitrogens with one attached hydrogen (secondary N) is 17. The molecule has 105 heavy (non-hydrogen) atoms. The van der Waals surface area contributed by atoms with Crippen LogP contribution in [-0.2, 0) is 97.5 Å². The number of hydrogen-bond donors (Lipinski definition) is 22. The van der Waals surface area contributed by atoms with E-state index in [0.29, 0.717) is 25.0 Å². The molecule has 0 radical (unpaired) electrons. The normalized spacial score (nSPS) is 15.5. The van der Waals surface area contributed by atoms with E-state index in [9.17, 15) is 101 Å². The Balaban J connectivity index is 3.03. The Hall–Kier alpha value is -10.9. The summed E-state index contributed by atoms with van der Waals surface area (Å²) in [4.78, 5) is 253. The summed E-state index contributed by atoms with van der Waals surface area (Å²) in [6, 6.07) is -21.6. The van der Waals surface area contributed by atoms with Crippen molar-refractivity contribution >= 4 is 112 Å². The van der Waals surface area contributed by atoms with Crippen LogP contribution >= 0.6 is 0 Å². The molecule has 42 heteroatoms. The number of aromatic nitrogens is 2. The minimum atomic E-state index is -1.66. The quantitative estimate of drug-likeness (QED) is 0.0269. The van der Waals surface area contributed by atoms with Gasteiger partial charge in [-0.1, -0.05) is 0 Å². The zero-order valence-corrected chi connectivity index (χ0v) is 60.9. The lowest BCUT2D eigenvalue weighted by molar-refractivity contribution is -0.139. The maximum absolute atomic E-state index is 13.9. The topological polar surface area (TPSA) is 664 Å². The van der Waals surface area contributed by atoms with Gasteiger partial charge in [0.2, 0.25) is 100 Å². The number of H-pyrrole nitrogens is 1. The van der Waals surface area contributed by atoms with Gasteiger partial charge in [-0.3, -0.25) is 91.1 Å². The lowest BCUT2D eigenvalue weighted by Crippen LogP contribution is -2.59. The fourth-order valence-corrected chi connectivity index (χ4v) is 9.20. The van der Waals surface area contributed by atoms with Crippen LogP contribution in [0.25, 0.3) is 0 Å². The number of imidazole rings is 1. The van der Waals surface area contributed by atoms with Crippen LogP contribution < -0.4 is 102 Å². The number of aromatic amines is 1. The van der Waals surface area contributed by atoms with Crippen LogP contribution in [0, 0.1) is 0 Å². The first-order chi connectivity index (χ1) is 49.0. The smallest absolute Gasteiger partial charge is 0.303 e. The van der Waals surface area contributed by atoms with E-state index in [1.54, 1.807) is 0 Å². The molecule has 25 N–H and O–H groups in total. The molecule has 0 aliphatic heterocycles. The van der Waals surface area contributed by atoms with Gasteiger partial charge in [0.25, 0.3) is 0 Å². The molecule has 1 aromatic rings. The van der Waals surface area contributed by atoms with Crippen molar-refractivity contribution < 1.29 is 101 Å². The average molecular weight is 1490 g/mol. The number of amides is 17. The SMILES string of the molecule is CC(=O)N[C@@H](C)C(=O)N[C@@H](CCC(=O)O)C(=O)N[C@@H](C)C(=O)N[C@@H](C)C(=O)N[C@@H](C)C(=O)N[C@@H](CCCCN)C(=O)N[C@@H](CCC(=O)O)C(=O)N[C@@H](C)C(=O)N[C@@H](C)C(=O)N[C@@H](C)C(=O)N[C@@H](CCCCN)C(=O)N[C@@H](C)C(=O)N[C@@H](C)C(=O)N[C@@H](C)C(=O)N[C@@H](Cc1cnc[nH]1)C(=O)N[C@@H](C)C(N)=O. The third-order valence-corrected chi connectivity index (χ3v) is 15.7. The molecule has 1 heterocycles. The molecule has 0 bridgehead atoms. The molecule has 0 saturated heterocycles. The first kappa shape index (κ1) is 92.1. The summed E-state index contributed by atoms with van der Waals surface area (Å²) in [7, 11) is 0. The fraction of sp³-hybridized carbons (Fsp3) is 0.651. The van der Waals surface area contributed by atoms with E-state index in [-0.39, 0.29) is 38.8 Å². The molecule has 0 fully saturated rings. The molecule has 0 aliphatic rings. The number of carbonyl (C=O) groups is 19. The van der Waals surface area contributed by atoms with E-state index < -0.39 is 235 Å². The highest BCUT2D eigenvalue weighted by atomic mass is 16.4. The van der Waals surface area contributed by atoms with E-state index in [0.717, 1.165) is 6.92 Å². The molecule has 0 unspecified atom stereocenters. The van der Waals surface area contributed by atoms with Crippen LogP contribution in [0.2, 0.25) is 0 Å². The fourth-order valence-electron chi connectivity index (χ4n) is 9.20. The molecule has 0 saturated carbocycles. The van der Waals surface area contributed by atoms with Gasteiger partial charge in [0, 0.05) is 38.1 Å². The third kappa shape index (κ3) is 35.2. The standard InChI is InChI=1S/C63H105N21O21/c1-28(48(66)90)70-63(105)45(25-40-26-67-27-68-40)84-58(100)38(11)76-51(93)32(5)71-52(94)33(6)77-59(101)41(17-13-15-23-64)80-56(98)36(9)74-49(91)30(3)73-54(96)35(8)79-61(103)44(20-22-47(88)89)83-62(104)42(18-14-16-24-65)81-57(99)37(10)75-50(92)31(4)72-53(95)34(7)78-60(102)43(19-21-46(86)87)82-55(97)29(2)69-39(12)85/h26-38,41-45H,13-25,64-65H2,1-12H3,(H2,66,90)(H,67,68)(H,69,85)(H,70,105)(H,71,94)(H,72,95)(H,73,96)(H,74,91)(H,75,92)(H,76,93)(H,77,101)(H,78,102)(H,79,103)(H,80,98)(H,81,99)(H,82,97)(H,83,104)(H,84,100)(H,86,87)(H,88,89)/t28-,29-,30-,31-,32-,33-,34-,35-,36-,37-,38-,41-,42-,43-,44-,45-/m0/s1. The Morgan fingerprint density at radius 2 is 0.562 bits per heavy atom. The first-order valence-corrected chi connectivity index (χ1v) is 34.0. The number of unbranched alkanes of at least 4 members (excludes halogenated alkanes) is 2. The van der Waals surface area contributed by atoms with Crippen molar-refractivity contribution in [1.82, 2.24) is 95.0 Å². The Morgan fingerprint density at radius 1 is 0.333 bits per heavy atom. The van der Waals surface area contributed by atoms with Crippen molar-refractivity contribution in [1.29, 1.82) is 0 Å². The largest absolute Gasteiger partial charge is 0.481 e. The number of nitrogens with zero attached hydrogens (tertiary/aromatic N) is 1. The number of carboxylic acids is 2. The summed E-state index contributed by atoms with van der Waals surface area (Å²) < 4.78 is 0. The molecule has 16 atom stereocenters. The number of hydrogen-bond acceptors (Lipinski definition) is 22. The van der Waals surface area contributed by atoms with Crippen molar-refractivity contribution in [3.8, 4) is 0 Å². The predicted octanol–water partition coefficient (Wildman–Crippen LogP) is -8.58. The maximum Gasteiger partial charge on any atom is 0.303 e. The maximum atomic E-state index is 13.9. The molecular weight excluding hydrogens is 1390 g/mol. The van der Waals surface area contributed by atoms with Gasteiger partial charge in [0.1, 0.15) is 96.7 Å². The van der Waals surface area contributed by atoms with E-state index >= 15 is 0 Å². The molecule has 1 aromatic heterocycles. The van der Waals surface area contributed by atoms with E-state index in [1.807, 2.05) is 0 Å². The van der Waals surface area contributed by atoms with Crippen LogP contribution in [0.15, 0.2) is 12.5 Å². The van der Waals surface area contributed by atoms with Crippen molar-refractivity contribution in [2.45, 2.75) is 250 Å². The zero-order chi connectivity index (χ0) is 80.1. The zero-order valence-electron chi connectivity index (χ0n) is 60.9. The minimum absolute atomic E-state index is 0.000483. The van der Waals surface area contributed by atoms with Gasteiger partial charge in [0.05, 0.1) is 6.33 Å². The van der Waals surface area contributed by atoms with Crippen molar-refractivity contribution in [2.24, 2.45) is 17.2 Å². The molecule has 0 aromatic carbocycles. The molecule has 588 valence electrons. The van der Waals surface area contributed by atoms with Gasteiger partial charge in [0.15, 0.2) is 0 Å². The van der Waals surface area contributed by atoms with Gasteiger partial charge in [-0.15, -0.1) is 0 Å². The second kappa shape index (κ2) is 46.6. The van der Waals surface area contributed by atoms with Crippen LogP contribution in [0.1, 0.15) is 153 Å². The van der Waals surface area contributed by atoms with E-state index in [1.165, 1.54) is 88.7 Å². The van der Waals surface area contributed by atoms with Crippen LogP contribution in [0.5, 0.6) is 0 Å². The lowest BCUT2D eigenvalue weighted by atomic mass is 10.1. The Labute approximate surface area is 605 Å². The summed E-state index contributed by atoms with van der Waals surface area (Å²) in [5, 5.41) is 57.1. The molecular formula is C63H105N21O21. The van der Waals surface area contributed by atoms with Gasteiger partial charge < -0.3 is 117 Å². The molecule has 1 rings (SSSR count). The van der Waals surface area contributed by atoms with Crippen LogP contribution in [0.4, 0.5) is 0 Å². The lowest BCUT2D eigenvalue weighted by Gasteiger charge is -2.26. The predicted molar refractivity (Wildman–Crippen MR) is 370 cm³/mol. The van der Waals surface area contributed by atoms with Gasteiger partial charge in [-0.25, -0.2) is 4.98 Å². The van der Waals surface area contributed by atoms with Crippen LogP contribution in [-0.4, -0.2) is 242 Å². The van der Waals surface area contributed by atoms with Gasteiger partial charge in [-0.05, 0) is 141 Å². The van der Waals surface area contributed by atoms with Gasteiger partial charge in [-0.2, -0.15) is 0 Å². The van der Waals surface area contributed by atoms with Gasteiger partial charge >= 0.3 is 11.9 Å². The molecule has 0 spiro atoms. The summed E-state index contributed by atoms with van der Waals surface area (Å²) >= 11 is 0. The Morgan fingerprint density at radius 3 is 0.819 bits per heavy atom. The highest BCUT2D eigenvalue weighted by molar-refractivity contribution is 6.01. The Kier molecular flexibility index (Phi) is 40.9. The van der Waals surface area contributed by atoms with E-state index in [2.05, 4.69) is 95.0 Å². The summed E-state index contributed by atoms with van der Waals surface area (Å²) in [5.41, 5.74) is 17.1. The molecule has 42 nitrogen and oxygen atoms in total. The number of rotatable bonds is 48. The highest BCUT2D eigenvalue weighted by Crippen LogP contribution is 2.09. The van der Waals surface area contributed by atoms with Crippen LogP contribution in [0.3, 0.4) is 0 Å². The molecule has 0 aliphatic carbocycles. The van der Waals surface area contributed by atoms with Crippen molar-refractivity contribution in [3.63, 3.8) is 0 Å². The van der Waals surface area contributed by atoms with E-state index in [4.69, 9.17) is 17.2 Å².